The predicted molar refractivity (Wildman–Crippen MR) is 75.6 cm³/mol. The number of nitrogens with two attached hydrogens (primary N) is 1. The second-order valence-corrected chi connectivity index (χ2v) is 5.69. The average molecular weight is 248 g/mol. The zero-order valence-corrected chi connectivity index (χ0v) is 11.6. The number of benzene rings is 1. The van der Waals surface area contributed by atoms with Crippen molar-refractivity contribution in [3.8, 4) is 5.75 Å². The minimum Gasteiger partial charge on any atom is -0.497 e. The molecule has 18 heavy (non-hydrogen) atoms. The van der Waals surface area contributed by atoms with Crippen LogP contribution in [0.3, 0.4) is 0 Å². The van der Waals surface area contributed by atoms with E-state index in [1.54, 1.807) is 7.11 Å². The molecule has 0 saturated heterocycles. The number of rotatable bonds is 6. The molecule has 2 rings (SSSR count). The van der Waals surface area contributed by atoms with Crippen molar-refractivity contribution in [1.29, 1.82) is 0 Å². The highest BCUT2D eigenvalue weighted by Gasteiger charge is 2.44. The van der Waals surface area contributed by atoms with Gasteiger partial charge in [0.05, 0.1) is 7.11 Å². The van der Waals surface area contributed by atoms with Crippen molar-refractivity contribution < 1.29 is 4.74 Å². The number of hydrogen-bond donors (Lipinski definition) is 2. The molecule has 0 unspecified atom stereocenters. The smallest absolute Gasteiger partial charge is 0.119 e. The van der Waals surface area contributed by atoms with E-state index in [1.807, 2.05) is 18.2 Å². The number of nitrogens with one attached hydrogen (secondary N) is 1. The van der Waals surface area contributed by atoms with Crippen molar-refractivity contribution in [2.24, 2.45) is 11.3 Å². The van der Waals surface area contributed by atoms with Crippen molar-refractivity contribution in [2.45, 2.75) is 33.2 Å². The summed E-state index contributed by atoms with van der Waals surface area (Å²) in [5.41, 5.74) is 8.46. The normalized spacial score (nSPS) is 16.9. The van der Waals surface area contributed by atoms with E-state index in [2.05, 4.69) is 19.2 Å². The maximum Gasteiger partial charge on any atom is 0.119 e. The fourth-order valence-electron chi connectivity index (χ4n) is 2.43. The maximum absolute atomic E-state index is 5.97. The topological polar surface area (TPSA) is 47.3 Å². The fraction of sp³-hybridized carbons (Fsp3) is 0.600. The molecule has 1 aromatic rings. The molecule has 1 aliphatic carbocycles. The van der Waals surface area contributed by atoms with Gasteiger partial charge in [-0.05, 0) is 47.9 Å². The predicted octanol–water partition coefficient (Wildman–Crippen LogP) is 2.80. The highest BCUT2D eigenvalue weighted by molar-refractivity contribution is 5.50. The molecule has 3 heteroatoms. The van der Waals surface area contributed by atoms with Gasteiger partial charge in [0, 0.05) is 18.8 Å². The van der Waals surface area contributed by atoms with Crippen molar-refractivity contribution in [3.05, 3.63) is 23.8 Å². The van der Waals surface area contributed by atoms with E-state index in [0.717, 1.165) is 36.0 Å². The summed E-state index contributed by atoms with van der Waals surface area (Å²) >= 11 is 0. The molecule has 1 aliphatic rings. The summed E-state index contributed by atoms with van der Waals surface area (Å²) in [4.78, 5) is 0. The van der Waals surface area contributed by atoms with Gasteiger partial charge < -0.3 is 15.8 Å². The van der Waals surface area contributed by atoms with Crippen LogP contribution >= 0.6 is 0 Å². The first-order valence-electron chi connectivity index (χ1n) is 6.70. The van der Waals surface area contributed by atoms with Crippen molar-refractivity contribution in [2.75, 3.05) is 19.4 Å². The van der Waals surface area contributed by atoms with Gasteiger partial charge in [-0.3, -0.25) is 0 Å². The summed E-state index contributed by atoms with van der Waals surface area (Å²) < 4.78 is 5.22. The van der Waals surface area contributed by atoms with Crippen LogP contribution in [0.1, 0.15) is 32.3 Å². The standard InChI is InChI=1S/C15H24N2O/c1-11(2)15(6-7-15)10-17-9-12-8-13(18-3)4-5-14(12)16/h4-5,8,11,17H,6-7,9-10,16H2,1-3H3. The van der Waals surface area contributed by atoms with E-state index in [9.17, 15) is 0 Å². The molecule has 0 spiro atoms. The van der Waals surface area contributed by atoms with E-state index in [1.165, 1.54) is 12.8 Å². The van der Waals surface area contributed by atoms with Gasteiger partial charge in [-0.1, -0.05) is 13.8 Å². The molecule has 3 nitrogen and oxygen atoms in total. The van der Waals surface area contributed by atoms with Crippen LogP contribution in [0.25, 0.3) is 0 Å². The van der Waals surface area contributed by atoms with Crippen LogP contribution in [0, 0.1) is 11.3 Å². The number of anilines is 1. The lowest BCUT2D eigenvalue weighted by molar-refractivity contribution is 0.337. The van der Waals surface area contributed by atoms with Gasteiger partial charge in [-0.15, -0.1) is 0 Å². The molecule has 0 heterocycles. The first-order chi connectivity index (χ1) is 8.57. The molecule has 0 aliphatic heterocycles. The summed E-state index contributed by atoms with van der Waals surface area (Å²) in [6.07, 6.45) is 2.70. The quantitative estimate of drug-likeness (QED) is 0.761. The summed E-state index contributed by atoms with van der Waals surface area (Å²) in [6, 6.07) is 5.82. The van der Waals surface area contributed by atoms with E-state index in [4.69, 9.17) is 10.5 Å². The van der Waals surface area contributed by atoms with Crippen LogP contribution in [0.5, 0.6) is 5.75 Å². The summed E-state index contributed by atoms with van der Waals surface area (Å²) in [7, 11) is 1.68. The molecule has 1 aromatic carbocycles. The van der Waals surface area contributed by atoms with Crippen molar-refractivity contribution >= 4 is 5.69 Å². The van der Waals surface area contributed by atoms with E-state index in [-0.39, 0.29) is 0 Å². The minimum absolute atomic E-state index is 0.535. The van der Waals surface area contributed by atoms with Gasteiger partial charge in [0.2, 0.25) is 0 Å². The lowest BCUT2D eigenvalue weighted by atomic mass is 9.92. The third-order valence-corrected chi connectivity index (χ3v) is 4.26. The Morgan fingerprint density at radius 3 is 2.67 bits per heavy atom. The van der Waals surface area contributed by atoms with Crippen LogP contribution in [0.2, 0.25) is 0 Å². The SMILES string of the molecule is COc1ccc(N)c(CNCC2(C(C)C)CC2)c1. The number of nitrogen functional groups attached to an aromatic ring is 1. The fourth-order valence-corrected chi connectivity index (χ4v) is 2.43. The molecular weight excluding hydrogens is 224 g/mol. The van der Waals surface area contributed by atoms with E-state index < -0.39 is 0 Å². The lowest BCUT2D eigenvalue weighted by Gasteiger charge is -2.20. The van der Waals surface area contributed by atoms with Crippen LogP contribution in [0.15, 0.2) is 18.2 Å². The highest BCUT2D eigenvalue weighted by atomic mass is 16.5. The molecule has 0 radical (unpaired) electrons. The van der Waals surface area contributed by atoms with Crippen molar-refractivity contribution in [1.82, 2.24) is 5.32 Å². The third kappa shape index (κ3) is 2.78. The Bertz CT molecular complexity index is 411. The molecule has 0 aromatic heterocycles. The number of ether oxygens (including phenoxy) is 1. The Balaban J connectivity index is 1.90. The third-order valence-electron chi connectivity index (χ3n) is 4.26. The number of methoxy groups -OCH3 is 1. The Morgan fingerprint density at radius 2 is 2.11 bits per heavy atom. The summed E-state index contributed by atoms with van der Waals surface area (Å²) in [6.45, 7) is 6.53. The van der Waals surface area contributed by atoms with Crippen LogP contribution in [0.4, 0.5) is 5.69 Å². The largest absolute Gasteiger partial charge is 0.497 e. The van der Waals surface area contributed by atoms with Gasteiger partial charge in [0.1, 0.15) is 5.75 Å². The monoisotopic (exact) mass is 248 g/mol. The molecule has 0 atom stereocenters. The lowest BCUT2D eigenvalue weighted by Crippen LogP contribution is -2.27. The number of hydrogen-bond acceptors (Lipinski definition) is 3. The zero-order valence-electron chi connectivity index (χ0n) is 11.6. The first-order valence-corrected chi connectivity index (χ1v) is 6.70. The van der Waals surface area contributed by atoms with Gasteiger partial charge in [0.25, 0.3) is 0 Å². The summed E-state index contributed by atoms with van der Waals surface area (Å²) in [5.74, 6) is 1.62. The second-order valence-electron chi connectivity index (χ2n) is 5.69. The Kier molecular flexibility index (Phi) is 3.81. The van der Waals surface area contributed by atoms with Crippen LogP contribution in [-0.4, -0.2) is 13.7 Å². The molecule has 1 fully saturated rings. The molecule has 1 saturated carbocycles. The van der Waals surface area contributed by atoms with Crippen LogP contribution < -0.4 is 15.8 Å². The molecule has 100 valence electrons. The van der Waals surface area contributed by atoms with Crippen molar-refractivity contribution in [3.63, 3.8) is 0 Å². The molecule has 0 amide bonds. The molecule has 3 N–H and O–H groups in total. The van der Waals surface area contributed by atoms with Gasteiger partial charge in [-0.25, -0.2) is 0 Å². The Labute approximate surface area is 110 Å². The molecular formula is C15H24N2O. The van der Waals surface area contributed by atoms with Crippen LogP contribution in [-0.2, 0) is 6.54 Å². The Hall–Kier alpha value is -1.22. The zero-order chi connectivity index (χ0) is 13.2. The van der Waals surface area contributed by atoms with E-state index in [0.29, 0.717) is 5.41 Å². The molecule has 0 bridgehead atoms. The van der Waals surface area contributed by atoms with Gasteiger partial charge >= 0.3 is 0 Å². The summed E-state index contributed by atoms with van der Waals surface area (Å²) in [5, 5.41) is 3.54. The van der Waals surface area contributed by atoms with Gasteiger partial charge in [0.15, 0.2) is 0 Å². The van der Waals surface area contributed by atoms with Gasteiger partial charge in [-0.2, -0.15) is 0 Å². The minimum atomic E-state index is 0.535. The first kappa shape index (κ1) is 13.2. The second kappa shape index (κ2) is 5.19. The highest BCUT2D eigenvalue weighted by Crippen LogP contribution is 2.51. The van der Waals surface area contributed by atoms with E-state index >= 15 is 0 Å². The average Bonchev–Trinajstić information content (AvgIpc) is 3.13. The Morgan fingerprint density at radius 1 is 1.39 bits per heavy atom. The maximum atomic E-state index is 5.97.